The number of amides is 1. The largest absolute Gasteiger partial charge is 0.321 e. The van der Waals surface area contributed by atoms with E-state index in [-0.39, 0.29) is 26.9 Å². The van der Waals surface area contributed by atoms with Crippen LogP contribution in [0.25, 0.3) is 0 Å². The predicted octanol–water partition coefficient (Wildman–Crippen LogP) is 7.16. The van der Waals surface area contributed by atoms with E-state index < -0.39 is 0 Å². The molecule has 0 saturated heterocycles. The Balaban J connectivity index is 2.67. The van der Waals surface area contributed by atoms with Crippen LogP contribution in [0.5, 0.6) is 0 Å². The third-order valence-corrected chi connectivity index (χ3v) is 6.55. The highest BCUT2D eigenvalue weighted by Crippen LogP contribution is 2.35. The summed E-state index contributed by atoms with van der Waals surface area (Å²) in [5.74, 6) is -0.260. The molecule has 0 heterocycles. The standard InChI is InChI=1S/C26H35ClNOP/c1-24(2,3)17-15-19(25(4,5)6)21(20(16-17)26(7,8)9)30-22(27)23(29)28-18-13-11-10-12-14-18/h10-16H,1-9H3,(H,28,29). The molecule has 0 fully saturated rings. The zero-order valence-corrected chi connectivity index (χ0v) is 21.4. The van der Waals surface area contributed by atoms with Crippen molar-refractivity contribution >= 4 is 41.5 Å². The van der Waals surface area contributed by atoms with Gasteiger partial charge in [-0.1, -0.05) is 104 Å². The van der Waals surface area contributed by atoms with E-state index in [0.717, 1.165) is 19.2 Å². The lowest BCUT2D eigenvalue weighted by Crippen LogP contribution is -2.30. The number of rotatable bonds is 3. The first-order valence-corrected chi connectivity index (χ1v) is 11.7. The van der Waals surface area contributed by atoms with Gasteiger partial charge in [-0.05, 0) is 53.3 Å². The van der Waals surface area contributed by atoms with Crippen molar-refractivity contribution in [3.8, 4) is 0 Å². The van der Waals surface area contributed by atoms with Crippen LogP contribution in [0.15, 0.2) is 42.5 Å². The monoisotopic (exact) mass is 443 g/mol. The lowest BCUT2D eigenvalue weighted by Gasteiger charge is -2.32. The lowest BCUT2D eigenvalue weighted by atomic mass is 9.75. The molecule has 2 rings (SSSR count). The van der Waals surface area contributed by atoms with Gasteiger partial charge in [-0.25, -0.2) is 0 Å². The van der Waals surface area contributed by atoms with Crippen LogP contribution < -0.4 is 10.6 Å². The van der Waals surface area contributed by atoms with Crippen molar-refractivity contribution in [1.29, 1.82) is 0 Å². The Morgan fingerprint density at radius 3 is 1.67 bits per heavy atom. The minimum atomic E-state index is -0.260. The van der Waals surface area contributed by atoms with E-state index in [2.05, 4.69) is 79.8 Å². The second kappa shape index (κ2) is 8.85. The number of halogens is 1. The molecule has 2 aromatic rings. The van der Waals surface area contributed by atoms with Crippen LogP contribution in [0.3, 0.4) is 0 Å². The predicted molar refractivity (Wildman–Crippen MR) is 135 cm³/mol. The van der Waals surface area contributed by atoms with Gasteiger partial charge in [0.15, 0.2) is 0 Å². The molecule has 4 heteroatoms. The van der Waals surface area contributed by atoms with Crippen molar-refractivity contribution < 1.29 is 4.79 Å². The number of hydrogen-bond acceptors (Lipinski definition) is 1. The van der Waals surface area contributed by atoms with Crippen LogP contribution in [-0.4, -0.2) is 10.7 Å². The van der Waals surface area contributed by atoms with Gasteiger partial charge < -0.3 is 5.32 Å². The summed E-state index contributed by atoms with van der Waals surface area (Å²) in [7, 11) is 0.736. The number of hydrogen-bond donors (Lipinski definition) is 1. The Morgan fingerprint density at radius 2 is 1.27 bits per heavy atom. The zero-order valence-electron chi connectivity index (χ0n) is 19.8. The molecule has 0 radical (unpaired) electrons. The van der Waals surface area contributed by atoms with Crippen molar-refractivity contribution in [2.24, 2.45) is 0 Å². The quantitative estimate of drug-likeness (QED) is 0.501. The van der Waals surface area contributed by atoms with Gasteiger partial charge in [0, 0.05) is 11.0 Å². The van der Waals surface area contributed by atoms with E-state index >= 15 is 0 Å². The molecule has 2 nitrogen and oxygen atoms in total. The third kappa shape index (κ3) is 6.19. The summed E-state index contributed by atoms with van der Waals surface area (Å²) in [6, 6.07) is 14.0. The Kier molecular flexibility index (Phi) is 7.27. The van der Waals surface area contributed by atoms with E-state index in [1.807, 2.05) is 30.3 Å². The van der Waals surface area contributed by atoms with E-state index in [9.17, 15) is 4.79 Å². The number of para-hydroxylation sites is 1. The SMILES string of the molecule is CC(C)(C)c1cc(C(C)(C)C)c(P=C(Cl)C(=O)Nc2ccccc2)c(C(C)(C)C)c1. The smallest absolute Gasteiger partial charge is 0.271 e. The summed E-state index contributed by atoms with van der Waals surface area (Å²) in [6.07, 6.45) is 0. The number of carbonyl (C=O) groups is 1. The molecule has 0 aromatic heterocycles. The summed E-state index contributed by atoms with van der Waals surface area (Å²) in [5.41, 5.74) is 4.42. The first-order chi connectivity index (χ1) is 13.6. The first-order valence-electron chi connectivity index (χ1n) is 10.4. The molecule has 30 heavy (non-hydrogen) atoms. The molecule has 0 aliphatic heterocycles. The van der Waals surface area contributed by atoms with E-state index in [1.165, 1.54) is 16.7 Å². The maximum atomic E-state index is 12.8. The normalized spacial score (nSPS) is 13.3. The summed E-state index contributed by atoms with van der Waals surface area (Å²) in [5, 5.41) is 4.03. The first kappa shape index (κ1) is 24.6. The van der Waals surface area contributed by atoms with Crippen LogP contribution in [0.1, 0.15) is 79.0 Å². The maximum Gasteiger partial charge on any atom is 0.271 e. The van der Waals surface area contributed by atoms with Crippen LogP contribution in [-0.2, 0) is 21.0 Å². The molecule has 2 aromatic carbocycles. The minimum Gasteiger partial charge on any atom is -0.321 e. The molecule has 0 unspecified atom stereocenters. The van der Waals surface area contributed by atoms with Crippen LogP contribution in [0, 0.1) is 0 Å². The average molecular weight is 444 g/mol. The van der Waals surface area contributed by atoms with Gasteiger partial charge in [-0.15, -0.1) is 0 Å². The Hall–Kier alpha value is -1.63. The topological polar surface area (TPSA) is 29.1 Å². The molecular weight excluding hydrogens is 409 g/mol. The van der Waals surface area contributed by atoms with Gasteiger partial charge in [-0.2, -0.15) is 0 Å². The van der Waals surface area contributed by atoms with Crippen molar-refractivity contribution in [1.82, 2.24) is 0 Å². The fourth-order valence-electron chi connectivity index (χ4n) is 3.18. The van der Waals surface area contributed by atoms with Gasteiger partial charge in [0.2, 0.25) is 0 Å². The van der Waals surface area contributed by atoms with Crippen molar-refractivity contribution in [3.05, 3.63) is 59.2 Å². The summed E-state index contributed by atoms with van der Waals surface area (Å²) < 4.78 is 0.276. The second-order valence-electron chi connectivity index (χ2n) is 10.9. The number of benzene rings is 2. The molecular formula is C26H35ClNOP. The third-order valence-electron chi connectivity index (χ3n) is 5.02. The number of carbonyl (C=O) groups excluding carboxylic acids is 1. The lowest BCUT2D eigenvalue weighted by molar-refractivity contribution is -0.110. The van der Waals surface area contributed by atoms with Crippen LogP contribution in [0.4, 0.5) is 5.69 Å². The van der Waals surface area contributed by atoms with E-state index in [4.69, 9.17) is 11.6 Å². The summed E-state index contributed by atoms with van der Waals surface area (Å²) >= 11 is 6.58. The number of nitrogens with one attached hydrogen (secondary N) is 1. The Morgan fingerprint density at radius 1 is 0.800 bits per heavy atom. The molecule has 0 aliphatic carbocycles. The van der Waals surface area contributed by atoms with Crippen molar-refractivity contribution in [2.75, 3.05) is 5.32 Å². The average Bonchev–Trinajstić information content (AvgIpc) is 2.59. The molecule has 0 atom stereocenters. The molecule has 1 N–H and O–H groups in total. The zero-order chi connectivity index (χ0) is 22.9. The molecule has 0 spiro atoms. The van der Waals surface area contributed by atoms with Crippen LogP contribution in [0.2, 0.25) is 0 Å². The fraction of sp³-hybridized carbons (Fsp3) is 0.462. The molecule has 0 bridgehead atoms. The van der Waals surface area contributed by atoms with Crippen molar-refractivity contribution in [3.63, 3.8) is 0 Å². The molecule has 1 amide bonds. The highest BCUT2D eigenvalue weighted by atomic mass is 35.5. The van der Waals surface area contributed by atoms with Crippen molar-refractivity contribution in [2.45, 2.75) is 78.6 Å². The molecule has 0 aliphatic rings. The Bertz CT molecular complexity index is 907. The van der Waals surface area contributed by atoms with Gasteiger partial charge in [0.1, 0.15) is 4.75 Å². The van der Waals surface area contributed by atoms with Gasteiger partial charge >= 0.3 is 0 Å². The Labute approximate surface area is 189 Å². The van der Waals surface area contributed by atoms with Gasteiger partial charge in [0.25, 0.3) is 5.91 Å². The minimum absolute atomic E-state index is 0.0353. The highest BCUT2D eigenvalue weighted by molar-refractivity contribution is 7.57. The van der Waals surface area contributed by atoms with Gasteiger partial charge in [-0.3, -0.25) is 4.79 Å². The van der Waals surface area contributed by atoms with Crippen LogP contribution >= 0.6 is 19.8 Å². The van der Waals surface area contributed by atoms with E-state index in [1.54, 1.807) is 0 Å². The van der Waals surface area contributed by atoms with Gasteiger partial charge in [0.05, 0.1) is 0 Å². The number of anilines is 1. The van der Waals surface area contributed by atoms with E-state index in [0.29, 0.717) is 0 Å². The molecule has 162 valence electrons. The fourth-order valence-corrected chi connectivity index (χ4v) is 4.88. The maximum absolute atomic E-state index is 12.8. The summed E-state index contributed by atoms with van der Waals surface area (Å²) in [4.78, 5) is 12.8. The second-order valence-corrected chi connectivity index (χ2v) is 12.7. The molecule has 0 saturated carbocycles. The summed E-state index contributed by atoms with van der Waals surface area (Å²) in [6.45, 7) is 20.0. The highest BCUT2D eigenvalue weighted by Gasteiger charge is 2.29.